The number of pyridine rings is 1. The topological polar surface area (TPSA) is 107 Å². The number of hydrogen-bond donors (Lipinski definition) is 2. The fourth-order valence-corrected chi connectivity index (χ4v) is 4.52. The molecule has 1 aliphatic rings. The van der Waals surface area contributed by atoms with Crippen molar-refractivity contribution in [1.29, 1.82) is 5.26 Å². The van der Waals surface area contributed by atoms with Crippen molar-refractivity contribution in [1.82, 2.24) is 9.97 Å². The van der Waals surface area contributed by atoms with Crippen LogP contribution in [0.25, 0.3) is 11.0 Å². The Balaban J connectivity index is 1.93. The molecule has 7 heteroatoms. The van der Waals surface area contributed by atoms with Crippen LogP contribution in [0.1, 0.15) is 30.5 Å². The Morgan fingerprint density at radius 1 is 1.24 bits per heavy atom. The number of nitriles is 1. The SMILES string of the molecule is N#Cc1c(S(=O)(=O)c2ccccc2)cnc2[nH]c(C3(O)CCC3)cc12. The molecule has 2 N–H and O–H groups in total. The maximum atomic E-state index is 12.9. The maximum absolute atomic E-state index is 12.9. The van der Waals surface area contributed by atoms with E-state index in [0.717, 1.165) is 6.42 Å². The van der Waals surface area contributed by atoms with Crippen LogP contribution in [0.2, 0.25) is 0 Å². The van der Waals surface area contributed by atoms with E-state index < -0.39 is 15.4 Å². The van der Waals surface area contributed by atoms with Crippen LogP contribution in [0.5, 0.6) is 0 Å². The summed E-state index contributed by atoms with van der Waals surface area (Å²) in [6.07, 6.45) is 3.40. The van der Waals surface area contributed by atoms with Gasteiger partial charge in [-0.25, -0.2) is 13.4 Å². The number of nitrogens with zero attached hydrogens (tertiary/aromatic N) is 2. The molecule has 0 saturated heterocycles. The fourth-order valence-electron chi connectivity index (χ4n) is 3.13. The van der Waals surface area contributed by atoms with E-state index in [-0.39, 0.29) is 15.4 Å². The van der Waals surface area contributed by atoms with E-state index in [1.54, 1.807) is 24.3 Å². The van der Waals surface area contributed by atoms with Crippen molar-refractivity contribution < 1.29 is 13.5 Å². The van der Waals surface area contributed by atoms with Gasteiger partial charge in [-0.05, 0) is 37.5 Å². The zero-order valence-corrected chi connectivity index (χ0v) is 14.0. The van der Waals surface area contributed by atoms with Gasteiger partial charge in [0.25, 0.3) is 0 Å². The van der Waals surface area contributed by atoms with E-state index in [0.29, 0.717) is 29.6 Å². The van der Waals surface area contributed by atoms with Crippen molar-refractivity contribution >= 4 is 20.9 Å². The Morgan fingerprint density at radius 2 is 1.96 bits per heavy atom. The largest absolute Gasteiger partial charge is 0.384 e. The number of hydrogen-bond acceptors (Lipinski definition) is 5. The predicted molar refractivity (Wildman–Crippen MR) is 90.5 cm³/mol. The van der Waals surface area contributed by atoms with E-state index in [1.165, 1.54) is 18.3 Å². The van der Waals surface area contributed by atoms with Gasteiger partial charge in [-0.1, -0.05) is 18.2 Å². The normalized spacial score (nSPS) is 16.3. The van der Waals surface area contributed by atoms with Crippen molar-refractivity contribution in [3.8, 4) is 6.07 Å². The number of aromatic nitrogens is 2. The van der Waals surface area contributed by atoms with Gasteiger partial charge in [-0.3, -0.25) is 0 Å². The summed E-state index contributed by atoms with van der Waals surface area (Å²) in [5.41, 5.74) is 0.0801. The molecule has 2 aromatic heterocycles. The van der Waals surface area contributed by atoms with Crippen LogP contribution in [0.3, 0.4) is 0 Å². The third-order valence-electron chi connectivity index (χ3n) is 4.76. The molecular weight excluding hydrogens is 338 g/mol. The molecule has 1 aromatic carbocycles. The van der Waals surface area contributed by atoms with Gasteiger partial charge in [-0.2, -0.15) is 5.26 Å². The number of rotatable bonds is 3. The molecule has 6 nitrogen and oxygen atoms in total. The van der Waals surface area contributed by atoms with Crippen molar-refractivity contribution in [2.45, 2.75) is 34.7 Å². The summed E-state index contributed by atoms with van der Waals surface area (Å²) in [5, 5.41) is 20.5. The summed E-state index contributed by atoms with van der Waals surface area (Å²) < 4.78 is 25.8. The Morgan fingerprint density at radius 3 is 2.56 bits per heavy atom. The minimum absolute atomic E-state index is 0.0410. The maximum Gasteiger partial charge on any atom is 0.209 e. The van der Waals surface area contributed by atoms with Crippen molar-refractivity contribution in [2.75, 3.05) is 0 Å². The first-order chi connectivity index (χ1) is 12.0. The number of sulfone groups is 1. The molecule has 1 fully saturated rings. The highest BCUT2D eigenvalue weighted by Gasteiger charge is 2.38. The molecule has 0 radical (unpaired) electrons. The first kappa shape index (κ1) is 15.8. The lowest BCUT2D eigenvalue weighted by Gasteiger charge is -2.35. The van der Waals surface area contributed by atoms with Crippen LogP contribution < -0.4 is 0 Å². The molecular formula is C18H15N3O3S. The van der Waals surface area contributed by atoms with E-state index in [1.807, 2.05) is 6.07 Å². The molecule has 0 unspecified atom stereocenters. The van der Waals surface area contributed by atoms with E-state index in [4.69, 9.17) is 0 Å². The zero-order valence-electron chi connectivity index (χ0n) is 13.2. The van der Waals surface area contributed by atoms with Crippen molar-refractivity contribution in [3.63, 3.8) is 0 Å². The van der Waals surface area contributed by atoms with E-state index in [9.17, 15) is 18.8 Å². The Labute approximate surface area is 144 Å². The first-order valence-corrected chi connectivity index (χ1v) is 9.39. The standard InChI is InChI=1S/C18H15N3O3S/c19-10-14-13-9-16(18(22)7-4-8-18)21-17(13)20-11-15(14)25(23,24)12-5-2-1-3-6-12/h1-3,5-6,9,11,22H,4,7-8H2,(H,20,21). The highest BCUT2D eigenvalue weighted by molar-refractivity contribution is 7.91. The Kier molecular flexibility index (Phi) is 3.42. The fraction of sp³-hybridized carbons (Fsp3) is 0.222. The monoisotopic (exact) mass is 353 g/mol. The molecule has 25 heavy (non-hydrogen) atoms. The number of benzene rings is 1. The summed E-state index contributed by atoms with van der Waals surface area (Å²) in [5.74, 6) is 0. The molecule has 0 bridgehead atoms. The predicted octanol–water partition coefficient (Wildman–Crippen LogP) is 2.64. The second-order valence-electron chi connectivity index (χ2n) is 6.26. The third kappa shape index (κ3) is 2.34. The highest BCUT2D eigenvalue weighted by atomic mass is 32.2. The summed E-state index contributed by atoms with van der Waals surface area (Å²) >= 11 is 0. The average molecular weight is 353 g/mol. The van der Waals surface area contributed by atoms with E-state index in [2.05, 4.69) is 9.97 Å². The smallest absolute Gasteiger partial charge is 0.209 e. The van der Waals surface area contributed by atoms with Crippen LogP contribution >= 0.6 is 0 Å². The van der Waals surface area contributed by atoms with Crippen LogP contribution in [0, 0.1) is 11.3 Å². The van der Waals surface area contributed by atoms with Crippen molar-refractivity contribution in [3.05, 3.63) is 53.9 Å². The minimum Gasteiger partial charge on any atom is -0.384 e. The number of fused-ring (bicyclic) bond motifs is 1. The summed E-state index contributed by atoms with van der Waals surface area (Å²) in [7, 11) is -3.85. The Hall–Kier alpha value is -2.69. The van der Waals surface area contributed by atoms with Gasteiger partial charge >= 0.3 is 0 Å². The molecule has 1 aliphatic carbocycles. The van der Waals surface area contributed by atoms with Crippen LogP contribution in [0.15, 0.2) is 52.4 Å². The second-order valence-corrected chi connectivity index (χ2v) is 8.17. The van der Waals surface area contributed by atoms with Gasteiger partial charge in [0.1, 0.15) is 22.2 Å². The molecule has 0 amide bonds. The molecule has 4 rings (SSSR count). The zero-order chi connectivity index (χ0) is 17.7. The molecule has 3 aromatic rings. The molecule has 2 heterocycles. The molecule has 0 atom stereocenters. The number of aromatic amines is 1. The lowest BCUT2D eigenvalue weighted by Crippen LogP contribution is -2.33. The minimum atomic E-state index is -3.85. The van der Waals surface area contributed by atoms with Gasteiger partial charge in [-0.15, -0.1) is 0 Å². The van der Waals surface area contributed by atoms with Gasteiger partial charge < -0.3 is 10.1 Å². The lowest BCUT2D eigenvalue weighted by molar-refractivity contribution is -0.0420. The van der Waals surface area contributed by atoms with Gasteiger partial charge in [0.15, 0.2) is 0 Å². The molecule has 0 aliphatic heterocycles. The van der Waals surface area contributed by atoms with Crippen LogP contribution in [0.4, 0.5) is 0 Å². The Bertz CT molecular complexity index is 1110. The molecule has 0 spiro atoms. The number of H-pyrrole nitrogens is 1. The quantitative estimate of drug-likeness (QED) is 0.753. The van der Waals surface area contributed by atoms with Crippen LogP contribution in [-0.2, 0) is 15.4 Å². The second kappa shape index (κ2) is 5.41. The van der Waals surface area contributed by atoms with Crippen LogP contribution in [-0.4, -0.2) is 23.5 Å². The highest BCUT2D eigenvalue weighted by Crippen LogP contribution is 2.42. The molecule has 1 saturated carbocycles. The summed E-state index contributed by atoms with van der Waals surface area (Å²) in [6, 6.07) is 11.6. The third-order valence-corrected chi connectivity index (χ3v) is 6.54. The summed E-state index contributed by atoms with van der Waals surface area (Å²) in [4.78, 5) is 7.19. The molecule has 126 valence electrons. The van der Waals surface area contributed by atoms with Crippen molar-refractivity contribution in [2.24, 2.45) is 0 Å². The first-order valence-electron chi connectivity index (χ1n) is 7.90. The number of nitrogens with one attached hydrogen (secondary N) is 1. The number of aliphatic hydroxyl groups is 1. The van der Waals surface area contributed by atoms with Gasteiger partial charge in [0.05, 0.1) is 10.5 Å². The van der Waals surface area contributed by atoms with E-state index >= 15 is 0 Å². The average Bonchev–Trinajstić information content (AvgIpc) is 3.04. The summed E-state index contributed by atoms with van der Waals surface area (Å²) in [6.45, 7) is 0. The van der Waals surface area contributed by atoms with Gasteiger partial charge in [0, 0.05) is 17.3 Å². The lowest BCUT2D eigenvalue weighted by atomic mass is 9.78. The van der Waals surface area contributed by atoms with Gasteiger partial charge in [0.2, 0.25) is 9.84 Å².